The van der Waals surface area contributed by atoms with Gasteiger partial charge in [0, 0.05) is 30.6 Å². The predicted octanol–water partition coefficient (Wildman–Crippen LogP) is 2.75. The lowest BCUT2D eigenvalue weighted by molar-refractivity contribution is -0.0494. The van der Waals surface area contributed by atoms with Gasteiger partial charge < -0.3 is 10.6 Å². The second kappa shape index (κ2) is 10.4. The monoisotopic (exact) mass is 555 g/mol. The standard InChI is InChI=1S/C15H24F3N5O2S2.HI/c1-4-19-14(20-9-13-21-10(2)11(3)26-13)22-12-5-7-23(8-6-12)27(24,25)15(16,17)18;/h12H,4-9H2,1-3H3,(H2,19,20,22);1H. The number of guanidine groups is 1. The third-order valence-corrected chi connectivity index (χ3v) is 6.90. The summed E-state index contributed by atoms with van der Waals surface area (Å²) in [5.41, 5.74) is -4.28. The van der Waals surface area contributed by atoms with Crippen LogP contribution < -0.4 is 10.6 Å². The second-order valence-corrected chi connectivity index (χ2v) is 9.43. The first-order valence-electron chi connectivity index (χ1n) is 8.58. The van der Waals surface area contributed by atoms with Gasteiger partial charge in [-0.2, -0.15) is 17.5 Å². The van der Waals surface area contributed by atoms with Crippen molar-refractivity contribution < 1.29 is 21.6 Å². The number of piperidine rings is 1. The Bertz CT molecular complexity index is 756. The molecule has 0 saturated carbocycles. The summed E-state index contributed by atoms with van der Waals surface area (Å²) >= 11 is 1.57. The minimum absolute atomic E-state index is 0. The van der Waals surface area contributed by atoms with Gasteiger partial charge in [-0.25, -0.2) is 18.4 Å². The van der Waals surface area contributed by atoms with Gasteiger partial charge >= 0.3 is 15.5 Å². The number of nitrogens with zero attached hydrogens (tertiary/aromatic N) is 3. The molecule has 0 spiro atoms. The summed E-state index contributed by atoms with van der Waals surface area (Å²) in [5, 5.41) is 7.15. The highest BCUT2D eigenvalue weighted by atomic mass is 127. The van der Waals surface area contributed by atoms with E-state index < -0.39 is 15.5 Å². The quantitative estimate of drug-likeness (QED) is 0.332. The van der Waals surface area contributed by atoms with Crippen molar-refractivity contribution in [3.63, 3.8) is 0 Å². The number of sulfonamides is 1. The Kier molecular flexibility index (Phi) is 9.41. The normalized spacial score (nSPS) is 17.3. The summed E-state index contributed by atoms with van der Waals surface area (Å²) < 4.78 is 61.3. The van der Waals surface area contributed by atoms with Crippen LogP contribution in [0.15, 0.2) is 4.99 Å². The number of rotatable bonds is 5. The molecule has 28 heavy (non-hydrogen) atoms. The lowest BCUT2D eigenvalue weighted by Crippen LogP contribution is -2.51. The van der Waals surface area contributed by atoms with E-state index in [1.54, 1.807) is 11.3 Å². The van der Waals surface area contributed by atoms with E-state index in [1.807, 2.05) is 20.8 Å². The first-order chi connectivity index (χ1) is 12.5. The van der Waals surface area contributed by atoms with Crippen LogP contribution in [0.5, 0.6) is 0 Å². The number of thiazole rings is 1. The van der Waals surface area contributed by atoms with Crippen molar-refractivity contribution in [3.8, 4) is 0 Å². The number of nitrogens with one attached hydrogen (secondary N) is 2. The highest BCUT2D eigenvalue weighted by molar-refractivity contribution is 14.0. The van der Waals surface area contributed by atoms with Crippen LogP contribution in [-0.2, 0) is 16.6 Å². The average Bonchev–Trinajstić information content (AvgIpc) is 2.90. The Morgan fingerprint density at radius 2 is 1.93 bits per heavy atom. The fourth-order valence-corrected chi connectivity index (χ4v) is 4.50. The average molecular weight is 555 g/mol. The molecule has 1 aliphatic rings. The molecule has 0 radical (unpaired) electrons. The largest absolute Gasteiger partial charge is 0.511 e. The zero-order chi connectivity index (χ0) is 20.2. The molecule has 1 aliphatic heterocycles. The molecule has 1 aromatic rings. The van der Waals surface area contributed by atoms with Gasteiger partial charge in [0.1, 0.15) is 5.01 Å². The highest BCUT2D eigenvalue weighted by Gasteiger charge is 2.50. The molecule has 2 heterocycles. The number of aromatic nitrogens is 1. The van der Waals surface area contributed by atoms with Crippen LogP contribution in [0.1, 0.15) is 35.3 Å². The van der Waals surface area contributed by atoms with Crippen molar-refractivity contribution in [1.82, 2.24) is 19.9 Å². The third-order valence-electron chi connectivity index (χ3n) is 4.22. The fraction of sp³-hybridized carbons (Fsp3) is 0.733. The van der Waals surface area contributed by atoms with Crippen LogP contribution in [0.4, 0.5) is 13.2 Å². The molecule has 0 bridgehead atoms. The number of alkyl halides is 3. The minimum Gasteiger partial charge on any atom is -0.357 e. The summed E-state index contributed by atoms with van der Waals surface area (Å²) in [5.74, 6) is 0.542. The molecule has 2 rings (SSSR count). The molecule has 0 amide bonds. The Labute approximate surface area is 184 Å². The molecular weight excluding hydrogens is 530 g/mol. The first-order valence-corrected chi connectivity index (χ1v) is 10.8. The lowest BCUT2D eigenvalue weighted by atomic mass is 10.1. The van der Waals surface area contributed by atoms with Crippen molar-refractivity contribution in [1.29, 1.82) is 0 Å². The van der Waals surface area contributed by atoms with Crippen LogP contribution in [-0.4, -0.2) is 54.9 Å². The van der Waals surface area contributed by atoms with Crippen molar-refractivity contribution in [2.75, 3.05) is 19.6 Å². The number of aliphatic imine (C=N–C) groups is 1. The third kappa shape index (κ3) is 6.42. The van der Waals surface area contributed by atoms with Gasteiger partial charge in [0.2, 0.25) is 0 Å². The SMILES string of the molecule is CCNC(=NCc1nc(C)c(C)s1)NC1CCN(S(=O)(=O)C(F)(F)F)CC1.I. The van der Waals surface area contributed by atoms with E-state index in [9.17, 15) is 21.6 Å². The van der Waals surface area contributed by atoms with Crippen LogP contribution in [0.25, 0.3) is 0 Å². The van der Waals surface area contributed by atoms with Gasteiger partial charge in [-0.3, -0.25) is 0 Å². The number of halogens is 4. The van der Waals surface area contributed by atoms with E-state index in [1.165, 1.54) is 0 Å². The number of aryl methyl sites for hydroxylation is 2. The van der Waals surface area contributed by atoms with Crippen LogP contribution in [0, 0.1) is 13.8 Å². The molecular formula is C15H25F3IN5O2S2. The Hall–Kier alpha value is -0.670. The molecule has 1 fully saturated rings. The molecule has 2 N–H and O–H groups in total. The van der Waals surface area contributed by atoms with E-state index >= 15 is 0 Å². The van der Waals surface area contributed by atoms with Crippen molar-refractivity contribution in [2.45, 2.75) is 51.7 Å². The molecule has 1 aromatic heterocycles. The van der Waals surface area contributed by atoms with E-state index in [-0.39, 0.29) is 55.9 Å². The zero-order valence-corrected chi connectivity index (χ0v) is 19.8. The maximum absolute atomic E-state index is 12.6. The molecule has 0 aromatic carbocycles. The summed E-state index contributed by atoms with van der Waals surface area (Å²) in [6, 6.07) is -0.151. The second-order valence-electron chi connectivity index (χ2n) is 6.21. The summed E-state index contributed by atoms with van der Waals surface area (Å²) in [6.07, 6.45) is 0.546. The van der Waals surface area contributed by atoms with Gasteiger partial charge in [0.15, 0.2) is 5.96 Å². The maximum atomic E-state index is 12.6. The van der Waals surface area contributed by atoms with Crippen LogP contribution in [0.2, 0.25) is 0 Å². The smallest absolute Gasteiger partial charge is 0.357 e. The van der Waals surface area contributed by atoms with Crippen molar-refractivity contribution in [2.24, 2.45) is 4.99 Å². The summed E-state index contributed by atoms with van der Waals surface area (Å²) in [6.45, 7) is 6.51. The first kappa shape index (κ1) is 25.4. The number of hydrogen-bond donors (Lipinski definition) is 2. The summed E-state index contributed by atoms with van der Waals surface area (Å²) in [7, 11) is -5.26. The molecule has 7 nitrogen and oxygen atoms in total. The van der Waals surface area contributed by atoms with Gasteiger partial charge in [-0.05, 0) is 33.6 Å². The van der Waals surface area contributed by atoms with Crippen LogP contribution >= 0.6 is 35.3 Å². The Morgan fingerprint density at radius 3 is 2.39 bits per heavy atom. The van der Waals surface area contributed by atoms with Crippen molar-refractivity contribution in [3.05, 3.63) is 15.6 Å². The number of hydrogen-bond acceptors (Lipinski definition) is 5. The van der Waals surface area contributed by atoms with E-state index in [0.29, 0.717) is 23.4 Å². The Balaban J connectivity index is 0.00000392. The summed E-state index contributed by atoms with van der Waals surface area (Å²) in [4.78, 5) is 10.0. The molecule has 0 atom stereocenters. The maximum Gasteiger partial charge on any atom is 0.511 e. The zero-order valence-electron chi connectivity index (χ0n) is 15.8. The lowest BCUT2D eigenvalue weighted by Gasteiger charge is -2.32. The Morgan fingerprint density at radius 1 is 1.32 bits per heavy atom. The molecule has 1 saturated heterocycles. The fourth-order valence-electron chi connectivity index (χ4n) is 2.65. The van der Waals surface area contributed by atoms with E-state index in [4.69, 9.17) is 0 Å². The topological polar surface area (TPSA) is 86.7 Å². The molecule has 13 heteroatoms. The van der Waals surface area contributed by atoms with Crippen molar-refractivity contribution >= 4 is 51.3 Å². The minimum atomic E-state index is -5.26. The predicted molar refractivity (Wildman–Crippen MR) is 115 cm³/mol. The molecule has 162 valence electrons. The van der Waals surface area contributed by atoms with Gasteiger partial charge in [-0.15, -0.1) is 35.3 Å². The molecule has 0 aliphatic carbocycles. The van der Waals surface area contributed by atoms with Gasteiger partial charge in [0.25, 0.3) is 0 Å². The van der Waals surface area contributed by atoms with Gasteiger partial charge in [0.05, 0.1) is 12.2 Å². The van der Waals surface area contributed by atoms with E-state index in [0.717, 1.165) is 15.6 Å². The highest BCUT2D eigenvalue weighted by Crippen LogP contribution is 2.29. The van der Waals surface area contributed by atoms with Gasteiger partial charge in [-0.1, -0.05) is 0 Å². The van der Waals surface area contributed by atoms with E-state index in [2.05, 4.69) is 20.6 Å². The molecule has 0 unspecified atom stereocenters. The van der Waals surface area contributed by atoms with Crippen LogP contribution in [0.3, 0.4) is 0 Å².